The number of aryl methyl sites for hydroxylation is 1. The molecule has 2 aromatic rings. The maximum atomic E-state index is 12.7. The maximum Gasteiger partial charge on any atom is 0.350 e. The van der Waals surface area contributed by atoms with Gasteiger partial charge in [-0.3, -0.25) is 9.78 Å². The van der Waals surface area contributed by atoms with Crippen molar-refractivity contribution < 1.29 is 14.3 Å². The second-order valence-electron chi connectivity index (χ2n) is 7.57. The molecule has 0 spiro atoms. The van der Waals surface area contributed by atoms with Gasteiger partial charge in [0, 0.05) is 18.8 Å². The van der Waals surface area contributed by atoms with E-state index in [1.165, 1.54) is 37.0 Å². The molecule has 1 aliphatic heterocycles. The van der Waals surface area contributed by atoms with Gasteiger partial charge < -0.3 is 9.64 Å². The standard InChI is InChI=1S/C21H25N3O3S/c1-14-19(28-20(23-14)16-9-4-5-11-22-16)21(26)27-13-18(25)24-12-6-8-15-7-2-3-10-17(15)24/h4-5,9,11,15,17H,2-3,6-8,10,12-13H2,1H3/t15-,17+/m1/s1. The largest absolute Gasteiger partial charge is 0.451 e. The van der Waals surface area contributed by atoms with Crippen LogP contribution >= 0.6 is 11.3 Å². The summed E-state index contributed by atoms with van der Waals surface area (Å²) in [4.78, 5) is 36.4. The van der Waals surface area contributed by atoms with Crippen molar-refractivity contribution in [1.82, 2.24) is 14.9 Å². The second kappa shape index (κ2) is 8.39. The molecule has 0 radical (unpaired) electrons. The van der Waals surface area contributed by atoms with Gasteiger partial charge in [-0.1, -0.05) is 18.9 Å². The summed E-state index contributed by atoms with van der Waals surface area (Å²) < 4.78 is 5.37. The number of aromatic nitrogens is 2. The fourth-order valence-electron chi connectivity index (χ4n) is 4.39. The first-order valence-electron chi connectivity index (χ1n) is 9.99. The van der Waals surface area contributed by atoms with Crippen LogP contribution in [-0.2, 0) is 9.53 Å². The summed E-state index contributed by atoms with van der Waals surface area (Å²) in [6.45, 7) is 2.36. The Kier molecular flexibility index (Phi) is 5.71. The molecule has 6 nitrogen and oxygen atoms in total. The average molecular weight is 400 g/mol. The Bertz CT molecular complexity index is 850. The molecule has 148 valence electrons. The number of hydrogen-bond donors (Lipinski definition) is 0. The van der Waals surface area contributed by atoms with Crippen LogP contribution in [0.15, 0.2) is 24.4 Å². The van der Waals surface area contributed by atoms with Crippen LogP contribution in [-0.4, -0.2) is 45.9 Å². The van der Waals surface area contributed by atoms with Gasteiger partial charge in [0.2, 0.25) is 0 Å². The first-order chi connectivity index (χ1) is 13.6. The number of amides is 1. The minimum Gasteiger partial charge on any atom is -0.451 e. The molecule has 7 heteroatoms. The Balaban J connectivity index is 1.39. The lowest BCUT2D eigenvalue weighted by atomic mass is 9.78. The number of esters is 1. The topological polar surface area (TPSA) is 72.4 Å². The van der Waals surface area contributed by atoms with Crippen LogP contribution in [0.25, 0.3) is 10.7 Å². The van der Waals surface area contributed by atoms with Crippen LogP contribution in [0.5, 0.6) is 0 Å². The van der Waals surface area contributed by atoms with Gasteiger partial charge in [-0.25, -0.2) is 9.78 Å². The van der Waals surface area contributed by atoms with Gasteiger partial charge in [0.25, 0.3) is 5.91 Å². The highest BCUT2D eigenvalue weighted by atomic mass is 32.1. The summed E-state index contributed by atoms with van der Waals surface area (Å²) in [5.41, 5.74) is 1.33. The molecule has 4 rings (SSSR count). The van der Waals surface area contributed by atoms with Crippen molar-refractivity contribution in [2.45, 2.75) is 51.5 Å². The van der Waals surface area contributed by atoms with E-state index in [4.69, 9.17) is 4.74 Å². The lowest BCUT2D eigenvalue weighted by molar-refractivity contribution is -0.140. The van der Waals surface area contributed by atoms with Crippen LogP contribution in [0.2, 0.25) is 0 Å². The predicted octanol–water partition coefficient (Wildman–Crippen LogP) is 3.85. The van der Waals surface area contributed by atoms with Crippen LogP contribution in [0.3, 0.4) is 0 Å². The molecule has 0 aromatic carbocycles. The van der Waals surface area contributed by atoms with E-state index in [1.54, 1.807) is 13.1 Å². The zero-order chi connectivity index (χ0) is 19.5. The van der Waals surface area contributed by atoms with Crippen LogP contribution in [0, 0.1) is 12.8 Å². The minimum absolute atomic E-state index is 0.0722. The first kappa shape index (κ1) is 19.1. The van der Waals surface area contributed by atoms with Gasteiger partial charge in [0.05, 0.1) is 11.4 Å². The van der Waals surface area contributed by atoms with Gasteiger partial charge in [0.15, 0.2) is 6.61 Å². The highest BCUT2D eigenvalue weighted by Crippen LogP contribution is 2.35. The van der Waals surface area contributed by atoms with Gasteiger partial charge in [-0.2, -0.15) is 0 Å². The van der Waals surface area contributed by atoms with Gasteiger partial charge >= 0.3 is 5.97 Å². The molecule has 1 saturated heterocycles. The fraction of sp³-hybridized carbons (Fsp3) is 0.524. The Hall–Kier alpha value is -2.28. The van der Waals surface area contributed by atoms with E-state index < -0.39 is 5.97 Å². The minimum atomic E-state index is -0.484. The third kappa shape index (κ3) is 3.94. The SMILES string of the molecule is Cc1nc(-c2ccccn2)sc1C(=O)OCC(=O)N1CCC[C@H]2CCCC[C@@H]21. The number of pyridine rings is 1. The van der Waals surface area contributed by atoms with Crippen molar-refractivity contribution in [1.29, 1.82) is 0 Å². The van der Waals surface area contributed by atoms with Crippen LogP contribution < -0.4 is 0 Å². The summed E-state index contributed by atoms with van der Waals surface area (Å²) in [6, 6.07) is 5.90. The Morgan fingerprint density at radius 2 is 2.04 bits per heavy atom. The number of nitrogens with zero attached hydrogens (tertiary/aromatic N) is 3. The summed E-state index contributed by atoms with van der Waals surface area (Å²) in [7, 11) is 0. The zero-order valence-electron chi connectivity index (χ0n) is 16.1. The van der Waals surface area contributed by atoms with Crippen molar-refractivity contribution in [3.05, 3.63) is 35.0 Å². The highest BCUT2D eigenvalue weighted by Gasteiger charge is 2.36. The number of thiazole rings is 1. The average Bonchev–Trinajstić information content (AvgIpc) is 3.14. The number of rotatable bonds is 4. The smallest absolute Gasteiger partial charge is 0.350 e. The van der Waals surface area contributed by atoms with E-state index in [-0.39, 0.29) is 12.5 Å². The molecule has 1 aliphatic carbocycles. The molecule has 2 fully saturated rings. The first-order valence-corrected chi connectivity index (χ1v) is 10.8. The Morgan fingerprint density at radius 1 is 1.21 bits per heavy atom. The molecule has 3 heterocycles. The number of ether oxygens (including phenoxy) is 1. The number of carbonyl (C=O) groups is 2. The van der Waals surface area contributed by atoms with E-state index in [2.05, 4.69) is 9.97 Å². The molecule has 1 saturated carbocycles. The van der Waals surface area contributed by atoms with Crippen molar-refractivity contribution in [3.63, 3.8) is 0 Å². The summed E-state index contributed by atoms with van der Waals surface area (Å²) in [5.74, 6) is 0.0617. The molecule has 0 N–H and O–H groups in total. The van der Waals surface area contributed by atoms with Gasteiger partial charge in [-0.05, 0) is 50.7 Å². The number of likely N-dealkylation sites (tertiary alicyclic amines) is 1. The molecular weight excluding hydrogens is 374 g/mol. The van der Waals surface area contributed by atoms with Crippen LogP contribution in [0.4, 0.5) is 0 Å². The summed E-state index contributed by atoms with van der Waals surface area (Å²) in [5, 5.41) is 0.678. The van der Waals surface area contributed by atoms with Crippen molar-refractivity contribution in [2.24, 2.45) is 5.92 Å². The molecule has 0 unspecified atom stereocenters. The Labute approximate surface area is 168 Å². The van der Waals surface area contributed by atoms with E-state index in [9.17, 15) is 9.59 Å². The summed E-state index contributed by atoms with van der Waals surface area (Å²) >= 11 is 1.25. The maximum absolute atomic E-state index is 12.7. The third-order valence-electron chi connectivity index (χ3n) is 5.76. The molecule has 0 bridgehead atoms. The summed E-state index contributed by atoms with van der Waals surface area (Å²) in [6.07, 6.45) is 8.69. The lowest BCUT2D eigenvalue weighted by Gasteiger charge is -2.44. The molecule has 28 heavy (non-hydrogen) atoms. The van der Waals surface area contributed by atoms with E-state index in [0.29, 0.717) is 27.5 Å². The van der Waals surface area contributed by atoms with E-state index in [0.717, 1.165) is 25.1 Å². The van der Waals surface area contributed by atoms with Crippen molar-refractivity contribution in [2.75, 3.05) is 13.2 Å². The third-order valence-corrected chi connectivity index (χ3v) is 6.92. The highest BCUT2D eigenvalue weighted by molar-refractivity contribution is 7.17. The normalized spacial score (nSPS) is 21.8. The van der Waals surface area contributed by atoms with Gasteiger partial charge in [0.1, 0.15) is 9.88 Å². The Morgan fingerprint density at radius 3 is 2.86 bits per heavy atom. The van der Waals surface area contributed by atoms with Crippen LogP contribution in [0.1, 0.15) is 53.9 Å². The number of carbonyl (C=O) groups excluding carboxylic acids is 2. The number of fused-ring (bicyclic) bond motifs is 1. The van der Waals surface area contributed by atoms with E-state index >= 15 is 0 Å². The second-order valence-corrected chi connectivity index (χ2v) is 8.56. The zero-order valence-corrected chi connectivity index (χ0v) is 16.9. The van der Waals surface area contributed by atoms with Crippen molar-refractivity contribution >= 4 is 23.2 Å². The van der Waals surface area contributed by atoms with E-state index in [1.807, 2.05) is 23.1 Å². The van der Waals surface area contributed by atoms with Crippen molar-refractivity contribution in [3.8, 4) is 10.7 Å². The fourth-order valence-corrected chi connectivity index (χ4v) is 5.33. The molecule has 2 aromatic heterocycles. The molecule has 2 aliphatic rings. The number of piperidine rings is 1. The predicted molar refractivity (Wildman–Crippen MR) is 107 cm³/mol. The monoisotopic (exact) mass is 399 g/mol. The number of hydrogen-bond acceptors (Lipinski definition) is 6. The molecule has 2 atom stereocenters. The quantitative estimate of drug-likeness (QED) is 0.730. The molecule has 1 amide bonds. The molecular formula is C21H25N3O3S. The van der Waals surface area contributed by atoms with Gasteiger partial charge in [-0.15, -0.1) is 11.3 Å². The lowest BCUT2D eigenvalue weighted by Crippen LogP contribution is -2.50.